The fraction of sp³-hybridized carbons (Fsp3) is 0.571. The summed E-state index contributed by atoms with van der Waals surface area (Å²) in [5, 5.41) is 6.02. The third-order valence-electron chi connectivity index (χ3n) is 3.17. The minimum absolute atomic E-state index is 0.0664. The molecule has 2 N–H and O–H groups in total. The molecule has 0 saturated heterocycles. The quantitative estimate of drug-likeness (QED) is 0.815. The lowest BCUT2D eigenvalue weighted by Crippen LogP contribution is -2.34. The van der Waals surface area contributed by atoms with Crippen molar-refractivity contribution in [3.8, 4) is 0 Å². The summed E-state index contributed by atoms with van der Waals surface area (Å²) in [5.74, 6) is 0.557. The molecule has 0 saturated carbocycles. The number of nitrogens with zero attached hydrogens (tertiary/aromatic N) is 1. The van der Waals surface area contributed by atoms with Gasteiger partial charge in [-0.15, -0.1) is 0 Å². The number of nitrogens with one attached hydrogen (secondary N) is 2. The number of hydrogen-bond acceptors (Lipinski definition) is 3. The highest BCUT2D eigenvalue weighted by Crippen LogP contribution is 2.14. The van der Waals surface area contributed by atoms with Gasteiger partial charge < -0.3 is 10.6 Å². The Hall–Kier alpha value is -1.58. The van der Waals surface area contributed by atoms with Gasteiger partial charge in [-0.3, -0.25) is 9.78 Å². The van der Waals surface area contributed by atoms with Crippen molar-refractivity contribution >= 4 is 11.6 Å². The largest absolute Gasteiger partial charge is 0.387 e. The van der Waals surface area contributed by atoms with E-state index in [1.165, 1.54) is 0 Å². The number of hydrogen-bond donors (Lipinski definition) is 2. The van der Waals surface area contributed by atoms with E-state index in [0.29, 0.717) is 11.5 Å². The molecule has 0 aliphatic rings. The summed E-state index contributed by atoms with van der Waals surface area (Å²) in [6, 6.07) is 1.98. The molecule has 0 aromatic carbocycles. The molecule has 0 aliphatic carbocycles. The molecule has 2 atom stereocenters. The summed E-state index contributed by atoms with van der Waals surface area (Å²) < 4.78 is 0. The van der Waals surface area contributed by atoms with E-state index >= 15 is 0 Å². The smallest absolute Gasteiger partial charge is 0.255 e. The van der Waals surface area contributed by atoms with Gasteiger partial charge in [0.1, 0.15) is 0 Å². The van der Waals surface area contributed by atoms with Crippen molar-refractivity contribution < 1.29 is 4.79 Å². The van der Waals surface area contributed by atoms with Gasteiger partial charge in [0.15, 0.2) is 0 Å². The summed E-state index contributed by atoms with van der Waals surface area (Å²) in [7, 11) is 1.80. The minimum Gasteiger partial charge on any atom is -0.387 e. The van der Waals surface area contributed by atoms with Crippen molar-refractivity contribution in [2.45, 2.75) is 39.7 Å². The Morgan fingerprint density at radius 3 is 2.78 bits per heavy atom. The Labute approximate surface area is 109 Å². The van der Waals surface area contributed by atoms with Gasteiger partial charge in [0.25, 0.3) is 5.91 Å². The van der Waals surface area contributed by atoms with Crippen LogP contribution in [0.2, 0.25) is 0 Å². The summed E-state index contributed by atoms with van der Waals surface area (Å²) in [5.41, 5.74) is 1.40. The molecular weight excluding hydrogens is 226 g/mol. The minimum atomic E-state index is -0.0664. The molecule has 0 fully saturated rings. The maximum Gasteiger partial charge on any atom is 0.255 e. The van der Waals surface area contributed by atoms with Gasteiger partial charge in [0.2, 0.25) is 0 Å². The van der Waals surface area contributed by atoms with E-state index in [2.05, 4.69) is 29.5 Å². The van der Waals surface area contributed by atoms with E-state index in [-0.39, 0.29) is 11.9 Å². The number of aromatic nitrogens is 1. The Balaban J connectivity index is 2.64. The van der Waals surface area contributed by atoms with Gasteiger partial charge in [-0.05, 0) is 25.3 Å². The molecule has 1 heterocycles. The van der Waals surface area contributed by atoms with Gasteiger partial charge in [0, 0.05) is 31.2 Å². The Morgan fingerprint density at radius 2 is 2.17 bits per heavy atom. The zero-order valence-electron chi connectivity index (χ0n) is 11.7. The third-order valence-corrected chi connectivity index (χ3v) is 3.17. The average molecular weight is 249 g/mol. The lowest BCUT2D eigenvalue weighted by atomic mass is 10.00. The molecule has 0 radical (unpaired) electrons. The van der Waals surface area contributed by atoms with Crippen molar-refractivity contribution in [3.63, 3.8) is 0 Å². The first-order valence-electron chi connectivity index (χ1n) is 6.51. The van der Waals surface area contributed by atoms with Crippen molar-refractivity contribution in [1.82, 2.24) is 10.3 Å². The van der Waals surface area contributed by atoms with Gasteiger partial charge >= 0.3 is 0 Å². The molecule has 1 rings (SSSR count). The standard InChI is InChI=1S/C14H23N3O/c1-5-10(2)8-11(3)17-14(18)12-9-16-7-6-13(12)15-4/h6-7,9-11H,5,8H2,1-4H3,(H,15,16)(H,17,18). The highest BCUT2D eigenvalue weighted by atomic mass is 16.1. The van der Waals surface area contributed by atoms with Gasteiger partial charge in [-0.25, -0.2) is 0 Å². The monoisotopic (exact) mass is 249 g/mol. The maximum atomic E-state index is 12.1. The Morgan fingerprint density at radius 1 is 1.44 bits per heavy atom. The summed E-state index contributed by atoms with van der Waals surface area (Å²) >= 11 is 0. The zero-order valence-corrected chi connectivity index (χ0v) is 11.7. The SMILES string of the molecule is CCC(C)CC(C)NC(=O)c1cnccc1NC. The zero-order chi connectivity index (χ0) is 13.5. The molecule has 4 heteroatoms. The van der Waals surface area contributed by atoms with Gasteiger partial charge in [0.05, 0.1) is 5.56 Å². The summed E-state index contributed by atoms with van der Waals surface area (Å²) in [6.45, 7) is 6.41. The predicted molar refractivity (Wildman–Crippen MR) is 74.8 cm³/mol. The molecule has 0 spiro atoms. The molecular formula is C14H23N3O. The Bertz CT molecular complexity index is 392. The number of pyridine rings is 1. The van der Waals surface area contributed by atoms with Crippen LogP contribution in [-0.4, -0.2) is 24.0 Å². The molecule has 18 heavy (non-hydrogen) atoms. The molecule has 0 aliphatic heterocycles. The fourth-order valence-corrected chi connectivity index (χ4v) is 1.92. The first-order valence-corrected chi connectivity index (χ1v) is 6.51. The van der Waals surface area contributed by atoms with E-state index in [0.717, 1.165) is 18.5 Å². The molecule has 2 unspecified atom stereocenters. The van der Waals surface area contributed by atoms with Crippen molar-refractivity contribution in [3.05, 3.63) is 24.0 Å². The second-order valence-electron chi connectivity index (χ2n) is 4.79. The van der Waals surface area contributed by atoms with Crippen LogP contribution in [-0.2, 0) is 0 Å². The van der Waals surface area contributed by atoms with Crippen LogP contribution >= 0.6 is 0 Å². The van der Waals surface area contributed by atoms with E-state index < -0.39 is 0 Å². The lowest BCUT2D eigenvalue weighted by Gasteiger charge is -2.18. The second-order valence-corrected chi connectivity index (χ2v) is 4.79. The van der Waals surface area contributed by atoms with E-state index in [1.54, 1.807) is 25.5 Å². The van der Waals surface area contributed by atoms with Gasteiger partial charge in [-0.1, -0.05) is 20.3 Å². The number of anilines is 1. The molecule has 1 aromatic rings. The topological polar surface area (TPSA) is 54.0 Å². The van der Waals surface area contributed by atoms with Crippen LogP contribution in [0.1, 0.15) is 44.0 Å². The Kier molecular flexibility index (Phi) is 5.62. The highest BCUT2D eigenvalue weighted by molar-refractivity contribution is 5.99. The molecule has 0 bridgehead atoms. The van der Waals surface area contributed by atoms with Crippen LogP contribution < -0.4 is 10.6 Å². The number of rotatable bonds is 6. The third kappa shape index (κ3) is 4.02. The van der Waals surface area contributed by atoms with Crippen molar-refractivity contribution in [2.24, 2.45) is 5.92 Å². The number of amides is 1. The summed E-state index contributed by atoms with van der Waals surface area (Å²) in [6.07, 6.45) is 5.40. The maximum absolute atomic E-state index is 12.1. The van der Waals surface area contributed by atoms with E-state index in [1.807, 2.05) is 6.92 Å². The average Bonchev–Trinajstić information content (AvgIpc) is 2.38. The second kappa shape index (κ2) is 6.99. The highest BCUT2D eigenvalue weighted by Gasteiger charge is 2.14. The van der Waals surface area contributed by atoms with Crippen LogP contribution in [0, 0.1) is 5.92 Å². The predicted octanol–water partition coefficient (Wildman–Crippen LogP) is 2.68. The van der Waals surface area contributed by atoms with Gasteiger partial charge in [-0.2, -0.15) is 0 Å². The molecule has 4 nitrogen and oxygen atoms in total. The normalized spacial score (nSPS) is 13.8. The first kappa shape index (κ1) is 14.5. The van der Waals surface area contributed by atoms with E-state index in [4.69, 9.17) is 0 Å². The first-order chi connectivity index (χ1) is 8.58. The van der Waals surface area contributed by atoms with Crippen LogP contribution in [0.3, 0.4) is 0 Å². The van der Waals surface area contributed by atoms with Crippen LogP contribution in [0.25, 0.3) is 0 Å². The van der Waals surface area contributed by atoms with Crippen LogP contribution in [0.4, 0.5) is 5.69 Å². The van der Waals surface area contributed by atoms with Crippen molar-refractivity contribution in [2.75, 3.05) is 12.4 Å². The van der Waals surface area contributed by atoms with Crippen molar-refractivity contribution in [1.29, 1.82) is 0 Å². The molecule has 100 valence electrons. The molecule has 1 amide bonds. The number of carbonyl (C=O) groups excluding carboxylic acids is 1. The molecule has 1 aromatic heterocycles. The van der Waals surface area contributed by atoms with E-state index in [9.17, 15) is 4.79 Å². The fourth-order valence-electron chi connectivity index (χ4n) is 1.92. The van der Waals surface area contributed by atoms with Crippen LogP contribution in [0.15, 0.2) is 18.5 Å². The number of carbonyl (C=O) groups is 1. The summed E-state index contributed by atoms with van der Waals surface area (Å²) in [4.78, 5) is 16.1. The lowest BCUT2D eigenvalue weighted by molar-refractivity contribution is 0.0936. The van der Waals surface area contributed by atoms with Crippen LogP contribution in [0.5, 0.6) is 0 Å².